The van der Waals surface area contributed by atoms with Gasteiger partial charge in [0.25, 0.3) is 0 Å². The SMILES string of the molecule is CNC(Cc1nn(C)c2ccccc12)C1CCS(=O)(=O)C1. The second-order valence-corrected chi connectivity index (χ2v) is 8.08. The molecule has 6 heteroatoms. The van der Waals surface area contributed by atoms with Gasteiger partial charge in [0.2, 0.25) is 0 Å². The highest BCUT2D eigenvalue weighted by molar-refractivity contribution is 7.91. The average Bonchev–Trinajstić information content (AvgIpc) is 2.97. The molecule has 1 aliphatic rings. The van der Waals surface area contributed by atoms with E-state index >= 15 is 0 Å². The zero-order valence-corrected chi connectivity index (χ0v) is 13.2. The number of aryl methyl sites for hydroxylation is 1. The van der Waals surface area contributed by atoms with Gasteiger partial charge in [-0.15, -0.1) is 0 Å². The highest BCUT2D eigenvalue weighted by Gasteiger charge is 2.33. The van der Waals surface area contributed by atoms with Crippen LogP contribution in [0, 0.1) is 5.92 Å². The quantitative estimate of drug-likeness (QED) is 0.920. The van der Waals surface area contributed by atoms with Crippen molar-refractivity contribution in [3.05, 3.63) is 30.0 Å². The smallest absolute Gasteiger partial charge is 0.150 e. The van der Waals surface area contributed by atoms with Gasteiger partial charge in [0.05, 0.1) is 22.7 Å². The third kappa shape index (κ3) is 2.82. The van der Waals surface area contributed by atoms with Crippen LogP contribution >= 0.6 is 0 Å². The average molecular weight is 307 g/mol. The summed E-state index contributed by atoms with van der Waals surface area (Å²) < 4.78 is 25.3. The number of para-hydroxylation sites is 1. The Balaban J connectivity index is 1.86. The maximum absolute atomic E-state index is 11.7. The Morgan fingerprint density at radius 2 is 2.19 bits per heavy atom. The number of nitrogens with one attached hydrogen (secondary N) is 1. The number of benzene rings is 1. The van der Waals surface area contributed by atoms with Crippen LogP contribution in [0.25, 0.3) is 10.9 Å². The fraction of sp³-hybridized carbons (Fsp3) is 0.533. The molecule has 2 atom stereocenters. The van der Waals surface area contributed by atoms with Crippen LogP contribution in [0.15, 0.2) is 24.3 Å². The molecule has 1 fully saturated rings. The molecule has 1 aromatic heterocycles. The number of hydrogen-bond donors (Lipinski definition) is 1. The van der Waals surface area contributed by atoms with E-state index in [2.05, 4.69) is 22.5 Å². The van der Waals surface area contributed by atoms with Crippen molar-refractivity contribution in [3.63, 3.8) is 0 Å². The predicted molar refractivity (Wildman–Crippen MR) is 84.0 cm³/mol. The molecule has 2 aromatic rings. The van der Waals surface area contributed by atoms with Crippen LogP contribution in [0.5, 0.6) is 0 Å². The first-order chi connectivity index (χ1) is 10.00. The van der Waals surface area contributed by atoms with Crippen LogP contribution in [0.4, 0.5) is 0 Å². The molecule has 0 aliphatic carbocycles. The Kier molecular flexibility index (Phi) is 3.75. The van der Waals surface area contributed by atoms with Crippen molar-refractivity contribution in [2.45, 2.75) is 18.9 Å². The third-order valence-electron chi connectivity index (χ3n) is 4.46. The molecule has 1 saturated heterocycles. The summed E-state index contributed by atoms with van der Waals surface area (Å²) in [6.45, 7) is 0. The Bertz CT molecular complexity index is 751. The predicted octanol–water partition coefficient (Wildman–Crippen LogP) is 1.14. The molecule has 2 unspecified atom stereocenters. The Morgan fingerprint density at radius 3 is 2.86 bits per heavy atom. The van der Waals surface area contributed by atoms with Gasteiger partial charge in [-0.25, -0.2) is 8.42 Å². The largest absolute Gasteiger partial charge is 0.316 e. The Morgan fingerprint density at radius 1 is 1.43 bits per heavy atom. The van der Waals surface area contributed by atoms with Gasteiger partial charge in [-0.1, -0.05) is 18.2 Å². The van der Waals surface area contributed by atoms with Gasteiger partial charge < -0.3 is 5.32 Å². The summed E-state index contributed by atoms with van der Waals surface area (Å²) in [5, 5.41) is 9.06. The monoisotopic (exact) mass is 307 g/mol. The molecule has 0 amide bonds. The number of fused-ring (bicyclic) bond motifs is 1. The molecule has 21 heavy (non-hydrogen) atoms. The minimum absolute atomic E-state index is 0.153. The Labute approximate surface area is 125 Å². The summed E-state index contributed by atoms with van der Waals surface area (Å²) in [4.78, 5) is 0. The lowest BCUT2D eigenvalue weighted by atomic mass is 9.94. The van der Waals surface area contributed by atoms with Crippen molar-refractivity contribution in [2.24, 2.45) is 13.0 Å². The normalized spacial score (nSPS) is 22.7. The van der Waals surface area contributed by atoms with E-state index in [4.69, 9.17) is 0 Å². The molecule has 1 aromatic carbocycles. The lowest BCUT2D eigenvalue weighted by molar-refractivity contribution is 0.400. The van der Waals surface area contributed by atoms with Crippen molar-refractivity contribution >= 4 is 20.7 Å². The van der Waals surface area contributed by atoms with Gasteiger partial charge >= 0.3 is 0 Å². The topological polar surface area (TPSA) is 64.0 Å². The summed E-state index contributed by atoms with van der Waals surface area (Å²) in [5.74, 6) is 0.794. The van der Waals surface area contributed by atoms with Crippen LogP contribution in [0.2, 0.25) is 0 Å². The lowest BCUT2D eigenvalue weighted by Gasteiger charge is -2.21. The van der Waals surface area contributed by atoms with Crippen LogP contribution < -0.4 is 5.32 Å². The van der Waals surface area contributed by atoms with E-state index in [-0.39, 0.29) is 12.0 Å². The second-order valence-electron chi connectivity index (χ2n) is 5.85. The number of rotatable bonds is 4. The highest BCUT2D eigenvalue weighted by Crippen LogP contribution is 2.26. The van der Waals surface area contributed by atoms with E-state index in [1.54, 1.807) is 0 Å². The summed E-state index contributed by atoms with van der Waals surface area (Å²) >= 11 is 0. The van der Waals surface area contributed by atoms with Crippen LogP contribution in [0.3, 0.4) is 0 Å². The van der Waals surface area contributed by atoms with Crippen molar-refractivity contribution in [1.82, 2.24) is 15.1 Å². The standard InChI is InChI=1S/C15H21N3O2S/c1-16-13(11-7-8-21(19,20)10-11)9-14-12-5-3-4-6-15(12)18(2)17-14/h3-6,11,13,16H,7-10H2,1-2H3. The molecule has 5 nitrogen and oxygen atoms in total. The molecule has 0 bridgehead atoms. The Hall–Kier alpha value is -1.40. The number of sulfone groups is 1. The minimum atomic E-state index is -2.85. The van der Waals surface area contributed by atoms with E-state index in [0.29, 0.717) is 11.5 Å². The van der Waals surface area contributed by atoms with Crippen LogP contribution in [-0.4, -0.2) is 42.8 Å². The third-order valence-corrected chi connectivity index (χ3v) is 6.25. The first-order valence-corrected chi connectivity index (χ1v) is 9.10. The van der Waals surface area contributed by atoms with Gasteiger partial charge in [-0.2, -0.15) is 5.10 Å². The number of nitrogens with zero attached hydrogens (tertiary/aromatic N) is 2. The van der Waals surface area contributed by atoms with Gasteiger partial charge in [0.1, 0.15) is 0 Å². The summed E-state index contributed by atoms with van der Waals surface area (Å²) in [7, 11) is 1.00. The first-order valence-electron chi connectivity index (χ1n) is 7.28. The molecular formula is C15H21N3O2S. The molecular weight excluding hydrogens is 286 g/mol. The molecule has 114 valence electrons. The van der Waals surface area contributed by atoms with Crippen LogP contribution in [0.1, 0.15) is 12.1 Å². The number of aromatic nitrogens is 2. The molecule has 2 heterocycles. The molecule has 0 radical (unpaired) electrons. The van der Waals surface area contributed by atoms with Gasteiger partial charge in [0, 0.05) is 24.9 Å². The molecule has 1 aliphatic heterocycles. The maximum Gasteiger partial charge on any atom is 0.150 e. The molecule has 0 spiro atoms. The van der Waals surface area contributed by atoms with Gasteiger partial charge in [-0.3, -0.25) is 4.68 Å². The molecule has 1 N–H and O–H groups in total. The second kappa shape index (κ2) is 5.42. The van der Waals surface area contributed by atoms with Crippen molar-refractivity contribution < 1.29 is 8.42 Å². The van der Waals surface area contributed by atoms with Gasteiger partial charge in [-0.05, 0) is 25.5 Å². The van der Waals surface area contributed by atoms with E-state index in [9.17, 15) is 8.42 Å². The van der Waals surface area contributed by atoms with E-state index in [0.717, 1.165) is 29.4 Å². The summed E-state index contributed by atoms with van der Waals surface area (Å²) in [6.07, 6.45) is 1.51. The van der Waals surface area contributed by atoms with Crippen molar-refractivity contribution in [2.75, 3.05) is 18.6 Å². The lowest BCUT2D eigenvalue weighted by Crippen LogP contribution is -2.36. The van der Waals surface area contributed by atoms with E-state index in [1.807, 2.05) is 30.9 Å². The summed E-state index contributed by atoms with van der Waals surface area (Å²) in [6, 6.07) is 8.31. The van der Waals surface area contributed by atoms with Crippen molar-refractivity contribution in [1.29, 1.82) is 0 Å². The fourth-order valence-corrected chi connectivity index (χ4v) is 5.17. The van der Waals surface area contributed by atoms with Crippen LogP contribution in [-0.2, 0) is 23.3 Å². The summed E-state index contributed by atoms with van der Waals surface area (Å²) in [5.41, 5.74) is 2.15. The molecule has 3 rings (SSSR count). The highest BCUT2D eigenvalue weighted by atomic mass is 32.2. The van der Waals surface area contributed by atoms with E-state index in [1.165, 1.54) is 0 Å². The zero-order valence-electron chi connectivity index (χ0n) is 12.4. The first kappa shape index (κ1) is 14.5. The maximum atomic E-state index is 11.7. The minimum Gasteiger partial charge on any atom is -0.316 e. The van der Waals surface area contributed by atoms with E-state index < -0.39 is 9.84 Å². The van der Waals surface area contributed by atoms with Crippen molar-refractivity contribution in [3.8, 4) is 0 Å². The number of hydrogen-bond acceptors (Lipinski definition) is 4. The number of likely N-dealkylation sites (N-methyl/N-ethyl adjacent to an activating group) is 1. The fourth-order valence-electron chi connectivity index (χ4n) is 3.29. The molecule has 0 saturated carbocycles. The van der Waals surface area contributed by atoms with Gasteiger partial charge in [0.15, 0.2) is 9.84 Å². The zero-order chi connectivity index (χ0) is 15.0.